The van der Waals surface area contributed by atoms with Gasteiger partial charge in [0.1, 0.15) is 5.01 Å². The monoisotopic (exact) mass is 432 g/mol. The SMILES string of the molecule is O=C1C(=Cc2nc3oc(C#Cc4ccccc4)nc3s2)C(=O)c2cc3ccccc3cc21. The quantitative estimate of drug-likeness (QED) is 0.204. The highest BCUT2D eigenvalue weighted by Crippen LogP contribution is 2.33. The first-order valence-electron chi connectivity index (χ1n) is 9.84. The van der Waals surface area contributed by atoms with Gasteiger partial charge in [-0.05, 0) is 47.0 Å². The summed E-state index contributed by atoms with van der Waals surface area (Å²) in [5.74, 6) is 5.57. The molecule has 0 aliphatic heterocycles. The maximum absolute atomic E-state index is 12.9. The minimum absolute atomic E-state index is 0.107. The lowest BCUT2D eigenvalue weighted by Gasteiger charge is -2.00. The van der Waals surface area contributed by atoms with E-state index < -0.39 is 0 Å². The van der Waals surface area contributed by atoms with Crippen molar-refractivity contribution in [1.29, 1.82) is 0 Å². The van der Waals surface area contributed by atoms with E-state index in [0.29, 0.717) is 26.7 Å². The Labute approximate surface area is 186 Å². The topological polar surface area (TPSA) is 73.1 Å². The van der Waals surface area contributed by atoms with E-state index in [0.717, 1.165) is 16.3 Å². The van der Waals surface area contributed by atoms with Crippen molar-refractivity contribution in [3.8, 4) is 11.8 Å². The molecule has 0 fully saturated rings. The van der Waals surface area contributed by atoms with Crippen LogP contribution in [0, 0.1) is 11.8 Å². The maximum Gasteiger partial charge on any atom is 0.276 e. The van der Waals surface area contributed by atoms with Gasteiger partial charge >= 0.3 is 0 Å². The molecular weight excluding hydrogens is 420 g/mol. The molecule has 0 saturated heterocycles. The number of thiazole rings is 1. The van der Waals surface area contributed by atoms with Crippen LogP contribution >= 0.6 is 11.3 Å². The van der Waals surface area contributed by atoms with Gasteiger partial charge in [0.2, 0.25) is 0 Å². The average molecular weight is 432 g/mol. The van der Waals surface area contributed by atoms with Crippen molar-refractivity contribution in [2.45, 2.75) is 0 Å². The van der Waals surface area contributed by atoms with Crippen molar-refractivity contribution in [2.75, 3.05) is 0 Å². The smallest absolute Gasteiger partial charge is 0.276 e. The Bertz CT molecular complexity index is 1580. The minimum atomic E-state index is -0.287. The summed E-state index contributed by atoms with van der Waals surface area (Å²) < 4.78 is 5.62. The summed E-state index contributed by atoms with van der Waals surface area (Å²) in [5, 5.41) is 2.34. The molecule has 0 atom stereocenters. The number of carbonyl (C=O) groups is 2. The Morgan fingerprint density at radius 3 is 2.12 bits per heavy atom. The minimum Gasteiger partial charge on any atom is -0.410 e. The van der Waals surface area contributed by atoms with Crippen molar-refractivity contribution in [3.05, 3.63) is 99.9 Å². The predicted octanol–water partition coefficient (Wildman–Crippen LogP) is 5.30. The molecule has 2 heterocycles. The highest BCUT2D eigenvalue weighted by molar-refractivity contribution is 7.18. The molecule has 0 amide bonds. The van der Waals surface area contributed by atoms with E-state index in [4.69, 9.17) is 4.42 Å². The second kappa shape index (κ2) is 7.12. The van der Waals surface area contributed by atoms with Crippen LogP contribution in [0.1, 0.15) is 37.2 Å². The second-order valence-electron chi connectivity index (χ2n) is 7.26. The van der Waals surface area contributed by atoms with Crippen LogP contribution in [0.25, 0.3) is 27.4 Å². The summed E-state index contributed by atoms with van der Waals surface area (Å²) in [6, 6.07) is 20.8. The van der Waals surface area contributed by atoms with E-state index >= 15 is 0 Å². The van der Waals surface area contributed by atoms with Gasteiger partial charge in [0.15, 0.2) is 16.4 Å². The fourth-order valence-electron chi connectivity index (χ4n) is 3.68. The van der Waals surface area contributed by atoms with E-state index in [9.17, 15) is 9.59 Å². The summed E-state index contributed by atoms with van der Waals surface area (Å²) in [6.45, 7) is 0. The van der Waals surface area contributed by atoms with E-state index in [1.165, 1.54) is 17.4 Å². The molecule has 1 aliphatic rings. The lowest BCUT2D eigenvalue weighted by atomic mass is 10.0. The van der Waals surface area contributed by atoms with Crippen LogP contribution in [-0.4, -0.2) is 21.5 Å². The standard InChI is InChI=1S/C26H12N2O3S/c29-23-18-12-16-8-4-5-9-17(16)13-19(18)24(30)20(23)14-22-28-25-26(32-22)27-21(31-25)11-10-15-6-2-1-3-7-15/h1-9,12-14H. The lowest BCUT2D eigenvalue weighted by molar-refractivity contribution is 0.0990. The number of carbonyl (C=O) groups excluding carboxylic acids is 2. The lowest BCUT2D eigenvalue weighted by Crippen LogP contribution is -2.00. The van der Waals surface area contributed by atoms with E-state index in [1.807, 2.05) is 54.6 Å². The third-order valence-electron chi connectivity index (χ3n) is 5.21. The van der Waals surface area contributed by atoms with Crippen molar-refractivity contribution in [2.24, 2.45) is 0 Å². The number of Topliss-reactive ketones (excluding diaryl/α,β-unsaturated/α-hetero) is 2. The zero-order valence-electron chi connectivity index (χ0n) is 16.5. The molecule has 150 valence electrons. The highest BCUT2D eigenvalue weighted by Gasteiger charge is 2.33. The summed E-state index contributed by atoms with van der Waals surface area (Å²) in [4.78, 5) is 35.1. The number of allylic oxidation sites excluding steroid dienone is 1. The molecule has 5 aromatic rings. The molecule has 2 aromatic heterocycles. The van der Waals surface area contributed by atoms with Gasteiger partial charge in [-0.25, -0.2) is 0 Å². The number of nitrogens with zero attached hydrogens (tertiary/aromatic N) is 2. The second-order valence-corrected chi connectivity index (χ2v) is 8.27. The van der Waals surface area contributed by atoms with Gasteiger partial charge in [-0.15, -0.1) is 0 Å². The number of aromatic nitrogens is 2. The van der Waals surface area contributed by atoms with Gasteiger partial charge in [0.05, 0.1) is 5.57 Å². The first kappa shape index (κ1) is 18.4. The largest absolute Gasteiger partial charge is 0.410 e. The fourth-order valence-corrected chi connectivity index (χ4v) is 4.49. The van der Waals surface area contributed by atoms with Crippen LogP contribution in [0.3, 0.4) is 0 Å². The first-order chi connectivity index (χ1) is 15.7. The Morgan fingerprint density at radius 2 is 1.47 bits per heavy atom. The molecule has 6 heteroatoms. The molecule has 0 spiro atoms. The molecule has 0 saturated carbocycles. The molecule has 0 N–H and O–H groups in total. The van der Waals surface area contributed by atoms with Gasteiger partial charge < -0.3 is 4.42 Å². The molecule has 0 radical (unpaired) electrons. The highest BCUT2D eigenvalue weighted by atomic mass is 32.1. The van der Waals surface area contributed by atoms with Crippen molar-refractivity contribution >= 4 is 50.3 Å². The molecule has 0 unspecified atom stereocenters. The summed E-state index contributed by atoms with van der Waals surface area (Å²) in [7, 11) is 0. The first-order valence-corrected chi connectivity index (χ1v) is 10.7. The summed E-state index contributed by atoms with van der Waals surface area (Å²) in [5.41, 5.74) is 2.16. The number of oxazole rings is 1. The van der Waals surface area contributed by atoms with E-state index in [1.54, 1.807) is 12.1 Å². The number of benzene rings is 3. The number of hydrogen-bond acceptors (Lipinski definition) is 6. The van der Waals surface area contributed by atoms with Gasteiger partial charge in [0, 0.05) is 16.7 Å². The van der Waals surface area contributed by atoms with Crippen molar-refractivity contribution in [3.63, 3.8) is 0 Å². The molecule has 1 aliphatic carbocycles. The summed E-state index contributed by atoms with van der Waals surface area (Å²) >= 11 is 1.25. The molecular formula is C26H12N2O3S. The van der Waals surface area contributed by atoms with Crippen LogP contribution in [0.5, 0.6) is 0 Å². The maximum atomic E-state index is 12.9. The third kappa shape index (κ3) is 3.04. The van der Waals surface area contributed by atoms with Crippen molar-refractivity contribution < 1.29 is 14.0 Å². The Balaban J connectivity index is 1.33. The molecule has 0 bridgehead atoms. The number of fused-ring (bicyclic) bond motifs is 3. The van der Waals surface area contributed by atoms with Crippen LogP contribution in [0.4, 0.5) is 0 Å². The zero-order valence-corrected chi connectivity index (χ0v) is 17.3. The zero-order chi connectivity index (χ0) is 21.7. The molecule has 3 aromatic carbocycles. The number of rotatable bonds is 1. The van der Waals surface area contributed by atoms with Gasteiger partial charge in [-0.2, -0.15) is 9.97 Å². The number of ketones is 2. The summed E-state index contributed by atoms with van der Waals surface area (Å²) in [6.07, 6.45) is 1.52. The number of hydrogen-bond donors (Lipinski definition) is 0. The molecule has 6 rings (SSSR count). The van der Waals surface area contributed by atoms with Crippen LogP contribution in [0.2, 0.25) is 0 Å². The van der Waals surface area contributed by atoms with Gasteiger partial charge in [0.25, 0.3) is 11.6 Å². The normalized spacial score (nSPS) is 12.8. The van der Waals surface area contributed by atoms with E-state index in [-0.39, 0.29) is 23.0 Å². The van der Waals surface area contributed by atoms with Gasteiger partial charge in [-0.3, -0.25) is 9.59 Å². The third-order valence-corrected chi connectivity index (χ3v) is 6.09. The fraction of sp³-hybridized carbons (Fsp3) is 0. The predicted molar refractivity (Wildman–Crippen MR) is 123 cm³/mol. The molecule has 5 nitrogen and oxygen atoms in total. The Kier molecular flexibility index (Phi) is 4.10. The van der Waals surface area contributed by atoms with Crippen molar-refractivity contribution in [1.82, 2.24) is 9.97 Å². The van der Waals surface area contributed by atoms with Crippen LogP contribution < -0.4 is 0 Å². The average Bonchev–Trinajstić information content (AvgIpc) is 3.44. The Hall–Kier alpha value is -4.34. The Morgan fingerprint density at radius 1 is 0.812 bits per heavy atom. The van der Waals surface area contributed by atoms with Crippen LogP contribution in [0.15, 0.2) is 76.7 Å². The van der Waals surface area contributed by atoms with Gasteiger partial charge in [-0.1, -0.05) is 59.7 Å². The van der Waals surface area contributed by atoms with Crippen LogP contribution in [-0.2, 0) is 0 Å². The molecule has 32 heavy (non-hydrogen) atoms. The van der Waals surface area contributed by atoms with E-state index in [2.05, 4.69) is 21.8 Å².